The van der Waals surface area contributed by atoms with Crippen LogP contribution in [-0.2, 0) is 5.00 Å². The molecule has 2 nitrogen and oxygen atoms in total. The van der Waals surface area contributed by atoms with Crippen molar-refractivity contribution >= 4 is 22.4 Å². The Morgan fingerprint density at radius 2 is 1.73 bits per heavy atom. The molecule has 15 heavy (non-hydrogen) atoms. The molecule has 78 valence electrons. The quantitative estimate of drug-likeness (QED) is 0.602. The topological polar surface area (TPSA) is 52.0 Å². The third kappa shape index (κ3) is 1.84. The Balaban J connectivity index is 2.71. The fourth-order valence-electron chi connectivity index (χ4n) is 1.70. The molecular weight excluding hydrogens is 208 g/mol. The van der Waals surface area contributed by atoms with E-state index in [-0.39, 0.29) is 6.54 Å². The van der Waals surface area contributed by atoms with Crippen molar-refractivity contribution in [3.05, 3.63) is 48.0 Å². The second-order valence-electron chi connectivity index (χ2n) is 3.59. The van der Waals surface area contributed by atoms with E-state index in [9.17, 15) is 0 Å². The molecule has 2 aromatic carbocycles. The van der Waals surface area contributed by atoms with Gasteiger partial charge in [-0.1, -0.05) is 54.1 Å². The molecule has 4 N–H and O–H groups in total. The van der Waals surface area contributed by atoms with Crippen molar-refractivity contribution in [2.75, 3.05) is 6.54 Å². The Bertz CT molecular complexity index is 475. The first-order chi connectivity index (χ1) is 7.15. The molecule has 0 aliphatic heterocycles. The zero-order valence-electron chi connectivity index (χ0n) is 8.28. The molecule has 0 aromatic heterocycles. The maximum atomic E-state index is 6.18. The second-order valence-corrected chi connectivity index (χ2v) is 4.27. The highest BCUT2D eigenvalue weighted by molar-refractivity contribution is 6.24. The molecule has 0 aliphatic rings. The zero-order chi connectivity index (χ0) is 10.9. The zero-order valence-corrected chi connectivity index (χ0v) is 9.04. The van der Waals surface area contributed by atoms with Crippen LogP contribution < -0.4 is 11.5 Å². The number of halogens is 1. The SMILES string of the molecule is NCC(N)(Cl)c1cccc2ccccc12. The molecule has 0 heterocycles. The Hall–Kier alpha value is -1.09. The van der Waals surface area contributed by atoms with Crippen LogP contribution in [0, 0.1) is 0 Å². The lowest BCUT2D eigenvalue weighted by molar-refractivity contribution is 0.659. The van der Waals surface area contributed by atoms with Gasteiger partial charge in [-0.2, -0.15) is 0 Å². The maximum Gasteiger partial charge on any atom is 0.130 e. The van der Waals surface area contributed by atoms with Crippen molar-refractivity contribution < 1.29 is 0 Å². The van der Waals surface area contributed by atoms with Gasteiger partial charge in [0, 0.05) is 6.54 Å². The van der Waals surface area contributed by atoms with E-state index in [1.54, 1.807) is 0 Å². The van der Waals surface area contributed by atoms with Gasteiger partial charge >= 0.3 is 0 Å². The molecule has 2 rings (SSSR count). The highest BCUT2D eigenvalue weighted by Crippen LogP contribution is 2.29. The Morgan fingerprint density at radius 3 is 2.47 bits per heavy atom. The summed E-state index contributed by atoms with van der Waals surface area (Å²) in [5.74, 6) is 0. The molecule has 1 unspecified atom stereocenters. The normalized spacial score (nSPS) is 15.1. The van der Waals surface area contributed by atoms with Gasteiger partial charge in [-0.3, -0.25) is 0 Å². The molecule has 0 radical (unpaired) electrons. The molecule has 0 saturated carbocycles. The van der Waals surface area contributed by atoms with Gasteiger partial charge in [0.15, 0.2) is 0 Å². The Morgan fingerprint density at radius 1 is 1.07 bits per heavy atom. The number of hydrogen-bond acceptors (Lipinski definition) is 2. The van der Waals surface area contributed by atoms with E-state index in [4.69, 9.17) is 23.1 Å². The lowest BCUT2D eigenvalue weighted by Crippen LogP contribution is -2.38. The standard InChI is InChI=1S/C12H13ClN2/c13-12(15,8-14)11-7-3-5-9-4-1-2-6-10(9)11/h1-7H,8,14-15H2. The average Bonchev–Trinajstić information content (AvgIpc) is 2.28. The van der Waals surface area contributed by atoms with Crippen LogP contribution in [0.3, 0.4) is 0 Å². The number of rotatable bonds is 2. The summed E-state index contributed by atoms with van der Waals surface area (Å²) >= 11 is 6.18. The van der Waals surface area contributed by atoms with Crippen LogP contribution in [0.4, 0.5) is 0 Å². The molecule has 2 aromatic rings. The Kier molecular flexibility index (Phi) is 2.65. The minimum Gasteiger partial charge on any atom is -0.327 e. The molecule has 0 aliphatic carbocycles. The van der Waals surface area contributed by atoms with E-state index >= 15 is 0 Å². The average molecular weight is 221 g/mol. The highest BCUT2D eigenvalue weighted by Gasteiger charge is 2.23. The summed E-state index contributed by atoms with van der Waals surface area (Å²) < 4.78 is 0. The molecular formula is C12H13ClN2. The molecule has 0 bridgehead atoms. The molecule has 3 heteroatoms. The summed E-state index contributed by atoms with van der Waals surface area (Å²) in [6, 6.07) is 13.9. The molecule has 0 fully saturated rings. The van der Waals surface area contributed by atoms with Crippen LogP contribution in [0.25, 0.3) is 10.8 Å². The predicted molar refractivity (Wildman–Crippen MR) is 64.7 cm³/mol. The number of nitrogens with two attached hydrogens (primary N) is 2. The number of benzene rings is 2. The van der Waals surface area contributed by atoms with E-state index in [1.165, 1.54) is 0 Å². The van der Waals surface area contributed by atoms with Crippen molar-refractivity contribution in [2.24, 2.45) is 11.5 Å². The summed E-state index contributed by atoms with van der Waals surface area (Å²) in [5, 5.41) is 2.18. The first-order valence-corrected chi connectivity index (χ1v) is 5.19. The van der Waals surface area contributed by atoms with E-state index in [1.807, 2.05) is 42.5 Å². The minimum atomic E-state index is -0.985. The van der Waals surface area contributed by atoms with Gasteiger partial charge in [-0.25, -0.2) is 0 Å². The predicted octanol–water partition coefficient (Wildman–Crippen LogP) is 2.15. The smallest absolute Gasteiger partial charge is 0.130 e. The summed E-state index contributed by atoms with van der Waals surface area (Å²) in [7, 11) is 0. The van der Waals surface area contributed by atoms with Crippen molar-refractivity contribution in [1.29, 1.82) is 0 Å². The number of fused-ring (bicyclic) bond motifs is 1. The van der Waals surface area contributed by atoms with Gasteiger partial charge in [0.2, 0.25) is 0 Å². The van der Waals surface area contributed by atoms with Crippen molar-refractivity contribution in [2.45, 2.75) is 5.00 Å². The fourth-order valence-corrected chi connectivity index (χ4v) is 1.86. The van der Waals surface area contributed by atoms with Crippen LogP contribution in [0.5, 0.6) is 0 Å². The molecule has 0 saturated heterocycles. The van der Waals surface area contributed by atoms with Crippen LogP contribution >= 0.6 is 11.6 Å². The third-order valence-electron chi connectivity index (χ3n) is 2.53. The molecule has 1 atom stereocenters. The summed E-state index contributed by atoms with van der Waals surface area (Å²) in [6.45, 7) is 0.211. The van der Waals surface area contributed by atoms with Crippen molar-refractivity contribution in [3.63, 3.8) is 0 Å². The number of hydrogen-bond donors (Lipinski definition) is 2. The lowest BCUT2D eigenvalue weighted by atomic mass is 9.99. The van der Waals surface area contributed by atoms with E-state index in [0.29, 0.717) is 0 Å². The van der Waals surface area contributed by atoms with E-state index < -0.39 is 5.00 Å². The van der Waals surface area contributed by atoms with Gasteiger partial charge in [0.05, 0.1) is 0 Å². The van der Waals surface area contributed by atoms with Crippen LogP contribution in [0.1, 0.15) is 5.56 Å². The van der Waals surface area contributed by atoms with E-state index in [0.717, 1.165) is 16.3 Å². The summed E-state index contributed by atoms with van der Waals surface area (Å²) in [4.78, 5) is -0.985. The van der Waals surface area contributed by atoms with Crippen LogP contribution in [-0.4, -0.2) is 6.54 Å². The van der Waals surface area contributed by atoms with Gasteiger partial charge < -0.3 is 11.5 Å². The largest absolute Gasteiger partial charge is 0.327 e. The lowest BCUT2D eigenvalue weighted by Gasteiger charge is -2.22. The van der Waals surface area contributed by atoms with Crippen LogP contribution in [0.15, 0.2) is 42.5 Å². The fraction of sp³-hybridized carbons (Fsp3) is 0.167. The maximum absolute atomic E-state index is 6.18. The van der Waals surface area contributed by atoms with Crippen molar-refractivity contribution in [1.82, 2.24) is 0 Å². The third-order valence-corrected chi connectivity index (χ3v) is 2.89. The first kappa shape index (κ1) is 10.4. The molecule has 0 spiro atoms. The second kappa shape index (κ2) is 3.81. The molecule has 0 amide bonds. The van der Waals surface area contributed by atoms with Crippen molar-refractivity contribution in [3.8, 4) is 0 Å². The number of alkyl halides is 1. The highest BCUT2D eigenvalue weighted by atomic mass is 35.5. The first-order valence-electron chi connectivity index (χ1n) is 4.81. The van der Waals surface area contributed by atoms with Gasteiger partial charge in [0.25, 0.3) is 0 Å². The van der Waals surface area contributed by atoms with Crippen LogP contribution in [0.2, 0.25) is 0 Å². The summed E-state index contributed by atoms with van der Waals surface area (Å²) in [5.41, 5.74) is 12.4. The monoisotopic (exact) mass is 220 g/mol. The van der Waals surface area contributed by atoms with Gasteiger partial charge in [-0.15, -0.1) is 0 Å². The van der Waals surface area contributed by atoms with E-state index in [2.05, 4.69) is 0 Å². The van der Waals surface area contributed by atoms with Gasteiger partial charge in [-0.05, 0) is 16.3 Å². The summed E-state index contributed by atoms with van der Waals surface area (Å²) in [6.07, 6.45) is 0. The minimum absolute atomic E-state index is 0.211. The Labute approximate surface area is 93.8 Å². The van der Waals surface area contributed by atoms with Gasteiger partial charge in [0.1, 0.15) is 5.00 Å².